The summed E-state index contributed by atoms with van der Waals surface area (Å²) in [6, 6.07) is 0.772. The highest BCUT2D eigenvalue weighted by Crippen LogP contribution is 2.54. The van der Waals surface area contributed by atoms with Crippen LogP contribution in [0.15, 0.2) is 28.1 Å². The molecule has 0 aliphatic heterocycles. The fourth-order valence-corrected chi connectivity index (χ4v) is 6.61. The molecule has 4 atom stereocenters. The minimum Gasteiger partial charge on any atom is -0.508 e. The molecule has 11 nitrogen and oxygen atoms in total. The molecule has 1 amide bonds. The zero-order chi connectivity index (χ0) is 29.0. The van der Waals surface area contributed by atoms with Crippen molar-refractivity contribution in [1.82, 2.24) is 4.90 Å². The fourth-order valence-electron chi connectivity index (χ4n) is 6.61. The van der Waals surface area contributed by atoms with E-state index in [-0.39, 0.29) is 29.7 Å². The van der Waals surface area contributed by atoms with Crippen molar-refractivity contribution in [2.45, 2.75) is 57.1 Å². The van der Waals surface area contributed by atoms with E-state index in [1.807, 2.05) is 25.1 Å². The van der Waals surface area contributed by atoms with Gasteiger partial charge in [0.2, 0.25) is 5.78 Å². The molecule has 1 aromatic carbocycles. The van der Waals surface area contributed by atoms with Gasteiger partial charge in [-0.2, -0.15) is 0 Å². The second-order valence-corrected chi connectivity index (χ2v) is 11.2. The zero-order valence-electron chi connectivity index (χ0n) is 22.9. The molecule has 0 radical (unpaired) electrons. The molecule has 0 aromatic heterocycles. The standard InChI is InChI=1S/C28H36N4O7/c1-6-7-8-9-13-12-17(31(2)3)15-10-14-11-16-22(32(4)5)24(34)20(27(29)37)26(36)28(16,38)25(35)18(14)23(33)19(15)21(13)30-39/h12,14,16,22,33,36,38H,6-11H2,1-5H3,(H2,29,37)/t14-,16-,22-,28-/m0/s1. The van der Waals surface area contributed by atoms with E-state index < -0.39 is 58.0 Å². The number of unbranched alkanes of at least 4 members (excludes halogenated alkanes) is 2. The first kappa shape index (κ1) is 28.4. The maximum Gasteiger partial charge on any atom is 0.255 e. The molecular weight excluding hydrogens is 504 g/mol. The van der Waals surface area contributed by atoms with Crippen molar-refractivity contribution >= 4 is 34.6 Å². The van der Waals surface area contributed by atoms with Crippen molar-refractivity contribution in [1.29, 1.82) is 0 Å². The number of nitrogens with zero attached hydrogens (tertiary/aromatic N) is 3. The third-order valence-corrected chi connectivity index (χ3v) is 8.40. The third kappa shape index (κ3) is 4.15. The number of Topliss-reactive ketones (excluding diaryl/α,β-unsaturated/α-hetero) is 2. The summed E-state index contributed by atoms with van der Waals surface area (Å²) < 4.78 is 0. The van der Waals surface area contributed by atoms with E-state index in [2.05, 4.69) is 12.1 Å². The normalized spacial score (nSPS) is 26.4. The quantitative estimate of drug-likeness (QED) is 0.219. The van der Waals surface area contributed by atoms with Crippen molar-refractivity contribution in [3.8, 4) is 0 Å². The van der Waals surface area contributed by atoms with E-state index in [9.17, 15) is 34.6 Å². The van der Waals surface area contributed by atoms with Crippen molar-refractivity contribution in [2.24, 2.45) is 22.7 Å². The number of likely N-dealkylation sites (N-methyl/N-ethyl adjacent to an activating group) is 1. The number of ketones is 2. The molecular formula is C28H36N4O7. The van der Waals surface area contributed by atoms with Gasteiger partial charge >= 0.3 is 0 Å². The number of nitrogens with two attached hydrogens (primary N) is 1. The number of aliphatic hydroxyl groups is 3. The topological polar surface area (TPSA) is 174 Å². The van der Waals surface area contributed by atoms with Crippen LogP contribution in [0.2, 0.25) is 0 Å². The van der Waals surface area contributed by atoms with E-state index >= 15 is 0 Å². The van der Waals surface area contributed by atoms with Gasteiger partial charge in [0.1, 0.15) is 22.8 Å². The Morgan fingerprint density at radius 1 is 1.18 bits per heavy atom. The van der Waals surface area contributed by atoms with E-state index in [1.165, 1.54) is 4.90 Å². The number of nitroso groups, excluding NO2 is 1. The molecule has 0 saturated heterocycles. The minimum absolute atomic E-state index is 0.0413. The summed E-state index contributed by atoms with van der Waals surface area (Å²) in [5.41, 5.74) is 3.94. The number of rotatable bonds is 8. The summed E-state index contributed by atoms with van der Waals surface area (Å²) >= 11 is 0. The molecule has 4 rings (SSSR count). The molecule has 3 aliphatic rings. The lowest BCUT2D eigenvalue weighted by atomic mass is 9.57. The van der Waals surface area contributed by atoms with Gasteiger partial charge in [0, 0.05) is 31.3 Å². The molecule has 1 aromatic rings. The number of fused-ring (bicyclic) bond motifs is 3. The van der Waals surface area contributed by atoms with Crippen LogP contribution >= 0.6 is 0 Å². The van der Waals surface area contributed by atoms with Gasteiger partial charge in [0.15, 0.2) is 11.4 Å². The first-order valence-corrected chi connectivity index (χ1v) is 13.2. The van der Waals surface area contributed by atoms with Crippen LogP contribution in [0.3, 0.4) is 0 Å². The summed E-state index contributed by atoms with van der Waals surface area (Å²) in [5, 5.41) is 37.6. The Morgan fingerprint density at radius 2 is 1.85 bits per heavy atom. The number of anilines is 1. The van der Waals surface area contributed by atoms with Crippen molar-refractivity contribution < 1.29 is 29.7 Å². The largest absolute Gasteiger partial charge is 0.508 e. The predicted molar refractivity (Wildman–Crippen MR) is 146 cm³/mol. The molecule has 1 fully saturated rings. The summed E-state index contributed by atoms with van der Waals surface area (Å²) in [6.45, 7) is 2.06. The SMILES string of the molecule is CCCCCc1cc(N(C)C)c2c(c1N=O)C(O)=C1C(=O)[C@]3(O)C(O)=C(C(N)=O)C(=O)[C@@H](N(C)C)[C@@H]3C[C@@H]1C2. The Balaban J connectivity index is 1.98. The van der Waals surface area contributed by atoms with Crippen molar-refractivity contribution in [3.05, 3.63) is 44.6 Å². The Kier molecular flexibility index (Phi) is 7.44. The second kappa shape index (κ2) is 10.2. The van der Waals surface area contributed by atoms with Gasteiger partial charge in [-0.1, -0.05) is 19.8 Å². The lowest BCUT2D eigenvalue weighted by Crippen LogP contribution is -2.65. The number of benzene rings is 1. The van der Waals surface area contributed by atoms with Gasteiger partial charge < -0.3 is 26.0 Å². The molecule has 5 N–H and O–H groups in total. The minimum atomic E-state index is -2.66. The van der Waals surface area contributed by atoms with Crippen LogP contribution in [-0.4, -0.2) is 77.5 Å². The summed E-state index contributed by atoms with van der Waals surface area (Å²) in [5.74, 6) is -6.40. The maximum atomic E-state index is 14.0. The molecule has 3 aliphatic carbocycles. The molecule has 210 valence electrons. The van der Waals surface area contributed by atoms with Crippen LogP contribution in [0, 0.1) is 16.7 Å². The van der Waals surface area contributed by atoms with Gasteiger partial charge in [-0.3, -0.25) is 19.3 Å². The lowest BCUT2D eigenvalue weighted by Gasteiger charge is -2.50. The predicted octanol–water partition coefficient (Wildman–Crippen LogP) is 2.46. The number of carbonyl (C=O) groups excluding carboxylic acids is 3. The Labute approximate surface area is 226 Å². The smallest absolute Gasteiger partial charge is 0.255 e. The number of aryl methyl sites for hydroxylation is 1. The Morgan fingerprint density at radius 3 is 2.38 bits per heavy atom. The van der Waals surface area contributed by atoms with Gasteiger partial charge in [0.25, 0.3) is 5.91 Å². The number of amides is 1. The van der Waals surface area contributed by atoms with Crippen LogP contribution in [0.5, 0.6) is 0 Å². The molecule has 1 saturated carbocycles. The number of aliphatic hydroxyl groups excluding tert-OH is 2. The molecule has 11 heteroatoms. The fraction of sp³-hybridized carbons (Fsp3) is 0.536. The van der Waals surface area contributed by atoms with Crippen molar-refractivity contribution in [3.63, 3.8) is 0 Å². The van der Waals surface area contributed by atoms with Crippen LogP contribution in [0.4, 0.5) is 11.4 Å². The van der Waals surface area contributed by atoms with Gasteiger partial charge in [-0.25, -0.2) is 0 Å². The number of hydrogen-bond donors (Lipinski definition) is 4. The zero-order valence-corrected chi connectivity index (χ0v) is 22.9. The first-order valence-electron chi connectivity index (χ1n) is 13.2. The van der Waals surface area contributed by atoms with Gasteiger partial charge in [-0.15, -0.1) is 4.91 Å². The molecule has 0 bridgehead atoms. The Hall–Kier alpha value is -3.57. The summed E-state index contributed by atoms with van der Waals surface area (Å²) in [6.07, 6.45) is 3.54. The van der Waals surface area contributed by atoms with E-state index in [1.54, 1.807) is 14.1 Å². The van der Waals surface area contributed by atoms with Crippen LogP contribution < -0.4 is 10.6 Å². The second-order valence-electron chi connectivity index (χ2n) is 11.2. The first-order chi connectivity index (χ1) is 18.3. The lowest BCUT2D eigenvalue weighted by molar-refractivity contribution is -0.153. The van der Waals surface area contributed by atoms with E-state index in [4.69, 9.17) is 5.73 Å². The highest BCUT2D eigenvalue weighted by Gasteiger charge is 2.64. The summed E-state index contributed by atoms with van der Waals surface area (Å²) in [4.78, 5) is 54.9. The average molecular weight is 541 g/mol. The monoisotopic (exact) mass is 540 g/mol. The van der Waals surface area contributed by atoms with Gasteiger partial charge in [0.05, 0.1) is 11.6 Å². The molecule has 39 heavy (non-hydrogen) atoms. The van der Waals surface area contributed by atoms with E-state index in [0.717, 1.165) is 24.9 Å². The highest BCUT2D eigenvalue weighted by atomic mass is 16.3. The van der Waals surface area contributed by atoms with Crippen LogP contribution in [0.25, 0.3) is 5.76 Å². The highest BCUT2D eigenvalue weighted by molar-refractivity contribution is 6.24. The molecule has 0 spiro atoms. The average Bonchev–Trinajstić information content (AvgIpc) is 2.85. The van der Waals surface area contributed by atoms with Crippen molar-refractivity contribution in [2.75, 3.05) is 33.1 Å². The van der Waals surface area contributed by atoms with Crippen LogP contribution in [0.1, 0.15) is 49.3 Å². The number of carbonyl (C=O) groups is 3. The number of primary amides is 1. The third-order valence-electron chi connectivity index (χ3n) is 8.40. The maximum absolute atomic E-state index is 14.0. The Bertz CT molecular complexity index is 1330. The number of hydrogen-bond acceptors (Lipinski definition) is 10. The molecule has 0 unspecified atom stereocenters. The van der Waals surface area contributed by atoms with Gasteiger partial charge in [-0.05, 0) is 68.1 Å². The molecule has 0 heterocycles. The van der Waals surface area contributed by atoms with Crippen LogP contribution in [-0.2, 0) is 27.2 Å². The summed E-state index contributed by atoms with van der Waals surface area (Å²) in [7, 11) is 6.83. The van der Waals surface area contributed by atoms with E-state index in [0.29, 0.717) is 17.5 Å².